The third kappa shape index (κ3) is 2.17. The fourth-order valence-corrected chi connectivity index (χ4v) is 3.60. The van der Waals surface area contributed by atoms with Crippen LogP contribution in [0.1, 0.15) is 54.3 Å². The maximum atomic E-state index is 12.3. The van der Waals surface area contributed by atoms with E-state index in [-0.39, 0.29) is 29.2 Å². The number of aliphatic hydroxyl groups excluding tert-OH is 1. The third-order valence-corrected chi connectivity index (χ3v) is 5.29. The van der Waals surface area contributed by atoms with Gasteiger partial charge in [-0.2, -0.15) is 0 Å². The molecule has 2 N–H and O–H groups in total. The Kier molecular flexibility index (Phi) is 3.04. The molecule has 114 valence electrons. The number of nitrogens with one attached hydrogen (secondary N) is 1. The molecule has 4 rings (SSSR count). The first-order valence-corrected chi connectivity index (χ1v) is 7.72. The second-order valence-electron chi connectivity index (χ2n) is 6.51. The molecule has 3 aliphatic rings. The predicted octanol–water partition coefficient (Wildman–Crippen LogP) is 1.21. The molecule has 2 saturated carbocycles. The van der Waals surface area contributed by atoms with Crippen LogP contribution < -0.4 is 5.32 Å². The molecule has 1 saturated heterocycles. The molecule has 1 aliphatic heterocycles. The van der Waals surface area contributed by atoms with E-state index < -0.39 is 0 Å². The first kappa shape index (κ1) is 13.3. The van der Waals surface area contributed by atoms with Crippen LogP contribution in [0.4, 0.5) is 0 Å². The molecule has 2 atom stereocenters. The van der Waals surface area contributed by atoms with Crippen LogP contribution in [-0.2, 0) is 4.74 Å². The summed E-state index contributed by atoms with van der Waals surface area (Å²) < 4.78 is 10.5. The van der Waals surface area contributed by atoms with Gasteiger partial charge in [0.15, 0.2) is 0 Å². The number of carbonyl (C=O) groups excluding carboxylic acids is 1. The van der Waals surface area contributed by atoms with Crippen molar-refractivity contribution in [1.82, 2.24) is 10.5 Å². The molecular weight excluding hydrogens is 272 g/mol. The highest BCUT2D eigenvalue weighted by atomic mass is 16.5. The predicted molar refractivity (Wildman–Crippen MR) is 72.8 cm³/mol. The summed E-state index contributed by atoms with van der Waals surface area (Å²) in [7, 11) is 0. The summed E-state index contributed by atoms with van der Waals surface area (Å²) in [6, 6.07) is 1.75. The first-order valence-electron chi connectivity index (χ1n) is 7.72. The van der Waals surface area contributed by atoms with E-state index in [2.05, 4.69) is 10.5 Å². The number of carbonyl (C=O) groups is 1. The van der Waals surface area contributed by atoms with Crippen LogP contribution in [0.3, 0.4) is 0 Å². The van der Waals surface area contributed by atoms with E-state index in [1.54, 1.807) is 6.07 Å². The zero-order valence-electron chi connectivity index (χ0n) is 11.9. The van der Waals surface area contributed by atoms with Gasteiger partial charge in [-0.05, 0) is 32.1 Å². The Labute approximate surface area is 122 Å². The lowest BCUT2D eigenvalue weighted by Crippen LogP contribution is -2.65. The van der Waals surface area contributed by atoms with Gasteiger partial charge in [-0.3, -0.25) is 4.79 Å². The lowest BCUT2D eigenvalue weighted by molar-refractivity contribution is -0.145. The van der Waals surface area contributed by atoms with Gasteiger partial charge in [-0.15, -0.1) is 0 Å². The molecule has 3 fully saturated rings. The molecular formula is C15H20N2O4. The quantitative estimate of drug-likeness (QED) is 0.875. The number of amides is 1. The maximum Gasteiger partial charge on any atom is 0.290 e. The van der Waals surface area contributed by atoms with Gasteiger partial charge < -0.3 is 19.7 Å². The van der Waals surface area contributed by atoms with Gasteiger partial charge in [0.2, 0.25) is 5.76 Å². The zero-order valence-corrected chi connectivity index (χ0v) is 11.9. The minimum Gasteiger partial charge on any atom is -0.392 e. The van der Waals surface area contributed by atoms with E-state index >= 15 is 0 Å². The molecule has 6 nitrogen and oxygen atoms in total. The van der Waals surface area contributed by atoms with Crippen LogP contribution in [0.2, 0.25) is 0 Å². The van der Waals surface area contributed by atoms with Crippen LogP contribution >= 0.6 is 0 Å². The molecule has 2 aliphatic carbocycles. The Hall–Kier alpha value is -1.40. The maximum absolute atomic E-state index is 12.3. The molecule has 1 aromatic heterocycles. The van der Waals surface area contributed by atoms with Gasteiger partial charge in [0.05, 0.1) is 11.8 Å². The van der Waals surface area contributed by atoms with Gasteiger partial charge in [-0.1, -0.05) is 5.16 Å². The Balaban J connectivity index is 1.43. The van der Waals surface area contributed by atoms with Gasteiger partial charge in [0.25, 0.3) is 5.91 Å². The lowest BCUT2D eigenvalue weighted by atomic mass is 9.58. The summed E-state index contributed by atoms with van der Waals surface area (Å²) in [6.45, 7) is 1.30. The fourth-order valence-electron chi connectivity index (χ4n) is 3.60. The van der Waals surface area contributed by atoms with Crippen molar-refractivity contribution in [3.63, 3.8) is 0 Å². The number of ether oxygens (including phenoxy) is 1. The summed E-state index contributed by atoms with van der Waals surface area (Å²) in [4.78, 5) is 12.3. The van der Waals surface area contributed by atoms with Crippen molar-refractivity contribution in [2.24, 2.45) is 5.41 Å². The smallest absolute Gasteiger partial charge is 0.290 e. The Morgan fingerprint density at radius 2 is 2.14 bits per heavy atom. The first-order chi connectivity index (χ1) is 10.2. The Bertz CT molecular complexity index is 546. The summed E-state index contributed by atoms with van der Waals surface area (Å²) in [6.07, 6.45) is 4.11. The van der Waals surface area contributed by atoms with E-state index in [0.29, 0.717) is 25.6 Å². The minimum absolute atomic E-state index is 0.00150. The van der Waals surface area contributed by atoms with Crippen LogP contribution in [0, 0.1) is 5.41 Å². The number of hydrogen-bond acceptors (Lipinski definition) is 5. The van der Waals surface area contributed by atoms with Crippen molar-refractivity contribution in [2.75, 3.05) is 13.2 Å². The van der Waals surface area contributed by atoms with Gasteiger partial charge in [0.1, 0.15) is 0 Å². The lowest BCUT2D eigenvalue weighted by Gasteiger charge is -2.55. The molecule has 0 radical (unpaired) electrons. The largest absolute Gasteiger partial charge is 0.392 e. The molecule has 2 heterocycles. The average Bonchev–Trinajstić information content (AvgIpc) is 3.25. The Morgan fingerprint density at radius 1 is 1.38 bits per heavy atom. The molecule has 6 heteroatoms. The standard InChI is InChI=1S/C15H20N2O4/c18-13-8-12(15(13)3-5-20-6-4-15)16-14(19)11-7-10(17-21-11)9-1-2-9/h7,9,12-13,18H,1-6,8H2,(H,16,19)/t12-,13-/m1/s1. The van der Waals surface area contributed by atoms with Crippen LogP contribution in [0.25, 0.3) is 0 Å². The normalized spacial score (nSPS) is 30.9. The number of aliphatic hydroxyl groups is 1. The van der Waals surface area contributed by atoms with Gasteiger partial charge >= 0.3 is 0 Å². The van der Waals surface area contributed by atoms with Crippen LogP contribution in [0.5, 0.6) is 0 Å². The van der Waals surface area contributed by atoms with Gasteiger partial charge in [0, 0.05) is 36.7 Å². The summed E-state index contributed by atoms with van der Waals surface area (Å²) in [5, 5.41) is 17.1. The molecule has 0 aromatic carbocycles. The van der Waals surface area contributed by atoms with Crippen LogP contribution in [0.15, 0.2) is 10.6 Å². The highest BCUT2D eigenvalue weighted by Gasteiger charge is 2.55. The summed E-state index contributed by atoms with van der Waals surface area (Å²) >= 11 is 0. The van der Waals surface area contributed by atoms with Crippen molar-refractivity contribution in [3.8, 4) is 0 Å². The number of rotatable bonds is 3. The van der Waals surface area contributed by atoms with E-state index in [9.17, 15) is 9.90 Å². The summed E-state index contributed by atoms with van der Waals surface area (Å²) in [5.41, 5.74) is 0.669. The third-order valence-electron chi connectivity index (χ3n) is 5.29. The number of aromatic nitrogens is 1. The average molecular weight is 292 g/mol. The van der Waals surface area contributed by atoms with Crippen molar-refractivity contribution >= 4 is 5.91 Å². The summed E-state index contributed by atoms with van der Waals surface area (Å²) in [5.74, 6) is 0.528. The van der Waals surface area contributed by atoms with Gasteiger partial charge in [-0.25, -0.2) is 0 Å². The SMILES string of the molecule is O=C(N[C@@H]1C[C@@H](O)C12CCOCC2)c1cc(C2CC2)no1. The van der Waals surface area contributed by atoms with E-state index in [0.717, 1.165) is 31.4 Å². The van der Waals surface area contributed by atoms with E-state index in [1.807, 2.05) is 0 Å². The number of hydrogen-bond donors (Lipinski definition) is 2. The Morgan fingerprint density at radius 3 is 2.81 bits per heavy atom. The minimum atomic E-state index is -0.344. The van der Waals surface area contributed by atoms with E-state index in [4.69, 9.17) is 9.26 Å². The molecule has 0 unspecified atom stereocenters. The monoisotopic (exact) mass is 292 g/mol. The second kappa shape index (κ2) is 4.81. The number of nitrogens with zero attached hydrogens (tertiary/aromatic N) is 1. The van der Waals surface area contributed by atoms with Crippen molar-refractivity contribution in [1.29, 1.82) is 0 Å². The van der Waals surface area contributed by atoms with Crippen molar-refractivity contribution < 1.29 is 19.2 Å². The molecule has 1 spiro atoms. The molecule has 0 bridgehead atoms. The fraction of sp³-hybridized carbons (Fsp3) is 0.733. The van der Waals surface area contributed by atoms with Crippen molar-refractivity contribution in [3.05, 3.63) is 17.5 Å². The molecule has 1 aromatic rings. The molecule has 21 heavy (non-hydrogen) atoms. The topological polar surface area (TPSA) is 84.6 Å². The highest BCUT2D eigenvalue weighted by molar-refractivity contribution is 5.91. The highest BCUT2D eigenvalue weighted by Crippen LogP contribution is 2.49. The zero-order chi connectivity index (χ0) is 14.4. The van der Waals surface area contributed by atoms with Crippen LogP contribution in [-0.4, -0.2) is 41.5 Å². The second-order valence-corrected chi connectivity index (χ2v) is 6.51. The van der Waals surface area contributed by atoms with Crippen molar-refractivity contribution in [2.45, 2.75) is 50.2 Å². The molecule has 1 amide bonds. The van der Waals surface area contributed by atoms with E-state index in [1.165, 1.54) is 0 Å².